The molecule has 4 aromatic rings. The Morgan fingerprint density at radius 3 is 1.30 bits per heavy atom. The van der Waals surface area contributed by atoms with E-state index in [1.54, 1.807) is 38.1 Å². The number of hydrogen-bond acceptors (Lipinski definition) is 7. The fourth-order valence-electron chi connectivity index (χ4n) is 10.4. The summed E-state index contributed by atoms with van der Waals surface area (Å²) < 4.78 is 0. The normalized spacial score (nSPS) is 23.7. The molecule has 4 N–H and O–H groups in total. The van der Waals surface area contributed by atoms with Gasteiger partial charge in [-0.3, -0.25) is 14.4 Å². The summed E-state index contributed by atoms with van der Waals surface area (Å²) in [5.41, 5.74) is 5.34. The van der Waals surface area contributed by atoms with Crippen LogP contribution in [0.15, 0.2) is 193 Å². The molecule has 4 aliphatic rings. The van der Waals surface area contributed by atoms with E-state index in [4.69, 9.17) is 0 Å². The Balaban J connectivity index is 1.48. The van der Waals surface area contributed by atoms with Gasteiger partial charge < -0.3 is 20.8 Å². The van der Waals surface area contributed by atoms with Crippen molar-refractivity contribution >= 4 is 28.5 Å². The van der Waals surface area contributed by atoms with Crippen molar-refractivity contribution in [2.24, 2.45) is 22.7 Å². The van der Waals surface area contributed by atoms with Gasteiger partial charge in [-0.15, -0.1) is 0 Å². The number of hydrogen-bond donors (Lipinski definition) is 4. The molecule has 0 saturated heterocycles. The van der Waals surface area contributed by atoms with Crippen LogP contribution in [-0.2, 0) is 4.79 Å². The highest BCUT2D eigenvalue weighted by atomic mass is 16.3. The maximum absolute atomic E-state index is 17.3. The van der Waals surface area contributed by atoms with Crippen LogP contribution in [0.1, 0.15) is 82.5 Å². The second-order valence-corrected chi connectivity index (χ2v) is 17.8. The molecule has 0 radical (unpaired) electrons. The molecular formula is C57H56N2O5. The van der Waals surface area contributed by atoms with Crippen LogP contribution in [-0.4, -0.2) is 39.8 Å². The first kappa shape index (κ1) is 44.0. The van der Waals surface area contributed by atoms with E-state index in [1.165, 1.54) is 0 Å². The molecule has 2 heterocycles. The third-order valence-electron chi connectivity index (χ3n) is 13.2. The number of aliphatic hydroxyl groups excluding tert-OH is 2. The lowest BCUT2D eigenvalue weighted by atomic mass is 9.50. The molecule has 0 saturated carbocycles. The van der Waals surface area contributed by atoms with Gasteiger partial charge in [0.1, 0.15) is 0 Å². The summed E-state index contributed by atoms with van der Waals surface area (Å²) in [5, 5.41) is 30.1. The zero-order valence-electron chi connectivity index (χ0n) is 36.9. The number of ketones is 3. The predicted octanol–water partition coefficient (Wildman–Crippen LogP) is 10.5. The molecule has 7 heteroatoms. The SMILES string of the molecule is Cc1ccccc1C1=CC(C2=CNC=CC2)C(C[C@H](C)O)(C(=O)C2(C[C@H](C)O)C=C(C(=O)c3ccccc3)C(c3ccccc3C)=CC2C2=CNC=CC2)C=C1C(=O)c1ccccc1. The number of carbonyl (C=O) groups excluding carboxylic acids is 3. The third-order valence-corrected chi connectivity index (χ3v) is 13.2. The number of Topliss-reactive ketones (excluding diaryl/α,β-unsaturated/α-hetero) is 3. The Hall–Kier alpha value is -6.67. The molecule has 0 spiro atoms. The first-order chi connectivity index (χ1) is 30.9. The van der Waals surface area contributed by atoms with Crippen LogP contribution in [0, 0.1) is 36.5 Å². The van der Waals surface area contributed by atoms with Crippen LogP contribution in [0.3, 0.4) is 0 Å². The molecule has 2 aliphatic carbocycles. The molecule has 7 nitrogen and oxygen atoms in total. The Kier molecular flexibility index (Phi) is 12.8. The molecule has 64 heavy (non-hydrogen) atoms. The zero-order valence-corrected chi connectivity index (χ0v) is 36.9. The molecule has 2 aliphatic heterocycles. The molecule has 4 unspecified atom stereocenters. The van der Waals surface area contributed by atoms with Crippen LogP contribution < -0.4 is 10.6 Å². The van der Waals surface area contributed by atoms with Gasteiger partial charge >= 0.3 is 0 Å². The average molecular weight is 849 g/mol. The molecule has 0 bridgehead atoms. The van der Waals surface area contributed by atoms with E-state index in [0.717, 1.165) is 33.4 Å². The monoisotopic (exact) mass is 848 g/mol. The molecule has 0 fully saturated rings. The van der Waals surface area contributed by atoms with Crippen molar-refractivity contribution in [3.63, 3.8) is 0 Å². The van der Waals surface area contributed by atoms with Crippen LogP contribution in [0.25, 0.3) is 11.1 Å². The van der Waals surface area contributed by atoms with Gasteiger partial charge in [-0.05, 0) is 110 Å². The lowest BCUT2D eigenvalue weighted by molar-refractivity contribution is -0.140. The van der Waals surface area contributed by atoms with E-state index in [2.05, 4.69) is 22.8 Å². The Morgan fingerprint density at radius 1 is 0.578 bits per heavy atom. The number of benzene rings is 4. The van der Waals surface area contributed by atoms with Crippen LogP contribution in [0.2, 0.25) is 0 Å². The van der Waals surface area contributed by atoms with E-state index in [9.17, 15) is 10.2 Å². The largest absolute Gasteiger partial charge is 0.393 e. The van der Waals surface area contributed by atoms with Crippen molar-refractivity contribution in [3.05, 3.63) is 226 Å². The maximum Gasteiger partial charge on any atom is 0.193 e. The fourth-order valence-corrected chi connectivity index (χ4v) is 10.4. The minimum absolute atomic E-state index is 0.0453. The fraction of sp³-hybridized carbons (Fsp3) is 0.246. The van der Waals surface area contributed by atoms with Gasteiger partial charge in [0.05, 0.1) is 23.0 Å². The summed E-state index contributed by atoms with van der Waals surface area (Å²) >= 11 is 0. The average Bonchev–Trinajstić information content (AvgIpc) is 3.31. The smallest absolute Gasteiger partial charge is 0.193 e. The van der Waals surface area contributed by atoms with Crippen LogP contribution >= 0.6 is 0 Å². The summed E-state index contributed by atoms with van der Waals surface area (Å²) in [4.78, 5) is 47.7. The van der Waals surface area contributed by atoms with Gasteiger partial charge in [-0.2, -0.15) is 0 Å². The number of dihydropyridines is 2. The van der Waals surface area contributed by atoms with Gasteiger partial charge in [-0.25, -0.2) is 0 Å². The lowest BCUT2D eigenvalue weighted by Crippen LogP contribution is -2.54. The molecule has 324 valence electrons. The molecule has 0 amide bonds. The third kappa shape index (κ3) is 8.41. The summed E-state index contributed by atoms with van der Waals surface area (Å²) in [5.74, 6) is -2.12. The Bertz CT molecular complexity index is 2530. The first-order valence-corrected chi connectivity index (χ1v) is 22.3. The zero-order chi connectivity index (χ0) is 45.0. The van der Waals surface area contributed by atoms with Crippen LogP contribution in [0.4, 0.5) is 0 Å². The quantitative estimate of drug-likeness (QED) is 0.0934. The number of allylic oxidation sites excluding steroid dienone is 12. The summed E-state index contributed by atoms with van der Waals surface area (Å²) in [6, 6.07) is 34.1. The van der Waals surface area contributed by atoms with Gasteiger partial charge in [0, 0.05) is 46.5 Å². The van der Waals surface area contributed by atoms with Gasteiger partial charge in [0.25, 0.3) is 0 Å². The van der Waals surface area contributed by atoms with E-state index in [1.807, 2.05) is 148 Å². The highest BCUT2D eigenvalue weighted by Crippen LogP contribution is 2.59. The number of aliphatic hydroxyl groups is 2. The standard InChI is InChI=1S/C57H56N2O5/c1-37-17-11-13-25-45(37)47-29-51(43-23-15-27-58-35-43)56(31-39(3)60,33-49(47)53(62)41-19-7-5-8-20-41)55(64)57(32-40(4)61)34-50(54(63)42-21-9-6-10-22-42)48(46-26-14-12-18-38(46)2)30-52(57)44-24-16-28-59-36-44/h5-22,25-30,33-36,39-40,51-52,58-61H,23-24,31-32H2,1-4H3/t39-,40-,51?,52?,56?,57?/m0/s1. The van der Waals surface area contributed by atoms with E-state index >= 15 is 14.4 Å². The van der Waals surface area contributed by atoms with E-state index in [0.29, 0.717) is 46.3 Å². The summed E-state index contributed by atoms with van der Waals surface area (Å²) in [7, 11) is 0. The predicted molar refractivity (Wildman–Crippen MR) is 255 cm³/mol. The van der Waals surface area contributed by atoms with Crippen molar-refractivity contribution in [1.29, 1.82) is 0 Å². The number of aryl methyl sites for hydroxylation is 2. The minimum Gasteiger partial charge on any atom is -0.393 e. The molecule has 0 aromatic heterocycles. The number of rotatable bonds is 14. The Morgan fingerprint density at radius 2 is 0.953 bits per heavy atom. The van der Waals surface area contributed by atoms with Gasteiger partial charge in [0.2, 0.25) is 0 Å². The highest BCUT2D eigenvalue weighted by molar-refractivity contribution is 6.22. The molecular weight excluding hydrogens is 793 g/mol. The lowest BCUT2D eigenvalue weighted by Gasteiger charge is -2.50. The first-order valence-electron chi connectivity index (χ1n) is 22.3. The summed E-state index contributed by atoms with van der Waals surface area (Å²) in [6.45, 7) is 7.39. The molecule has 6 atom stereocenters. The molecule has 8 rings (SSSR count). The second-order valence-electron chi connectivity index (χ2n) is 17.8. The highest BCUT2D eigenvalue weighted by Gasteiger charge is 2.59. The second kappa shape index (κ2) is 18.6. The number of carbonyl (C=O) groups is 3. The van der Waals surface area contributed by atoms with Crippen LogP contribution in [0.5, 0.6) is 0 Å². The van der Waals surface area contributed by atoms with Crippen molar-refractivity contribution in [2.75, 3.05) is 0 Å². The topological polar surface area (TPSA) is 116 Å². The van der Waals surface area contributed by atoms with E-state index < -0.39 is 34.9 Å². The summed E-state index contributed by atoms with van der Waals surface area (Å²) in [6.07, 6.45) is 18.3. The number of nitrogens with one attached hydrogen (secondary N) is 2. The van der Waals surface area contributed by atoms with Crippen molar-refractivity contribution in [3.8, 4) is 0 Å². The maximum atomic E-state index is 17.3. The van der Waals surface area contributed by atoms with Gasteiger partial charge in [-0.1, -0.05) is 146 Å². The minimum atomic E-state index is -1.57. The van der Waals surface area contributed by atoms with Gasteiger partial charge in [0.15, 0.2) is 17.3 Å². The van der Waals surface area contributed by atoms with E-state index in [-0.39, 0.29) is 30.2 Å². The Labute approximate surface area is 376 Å². The van der Waals surface area contributed by atoms with Crippen molar-refractivity contribution in [1.82, 2.24) is 10.6 Å². The van der Waals surface area contributed by atoms with Crippen molar-refractivity contribution < 1.29 is 24.6 Å². The molecule has 4 aromatic carbocycles. The van der Waals surface area contributed by atoms with Crippen molar-refractivity contribution in [2.45, 2.75) is 65.6 Å².